The molecule has 0 saturated carbocycles. The molecule has 0 aromatic carbocycles. The predicted octanol–water partition coefficient (Wildman–Crippen LogP) is 0.838. The van der Waals surface area contributed by atoms with Gasteiger partial charge in [-0.3, -0.25) is 0 Å². The zero-order chi connectivity index (χ0) is 11.5. The quantitative estimate of drug-likeness (QED) is 0.819. The fourth-order valence-electron chi connectivity index (χ4n) is 1.04. The Morgan fingerprint density at radius 3 is 2.75 bits per heavy atom. The van der Waals surface area contributed by atoms with Gasteiger partial charge >= 0.3 is 5.97 Å². The SMILES string of the molecule is COc1cc(-c2cnc(C(=O)O)cn2)on1. The molecule has 2 rings (SSSR count). The second-order valence-electron chi connectivity index (χ2n) is 2.83. The number of hydrogen-bond donors (Lipinski definition) is 1. The molecule has 16 heavy (non-hydrogen) atoms. The van der Waals surface area contributed by atoms with Gasteiger partial charge in [-0.1, -0.05) is 0 Å². The van der Waals surface area contributed by atoms with Gasteiger partial charge in [0.05, 0.1) is 25.6 Å². The smallest absolute Gasteiger partial charge is 0.356 e. The minimum atomic E-state index is -1.13. The summed E-state index contributed by atoms with van der Waals surface area (Å²) in [5.74, 6) is -0.449. The summed E-state index contributed by atoms with van der Waals surface area (Å²) in [6, 6.07) is 1.53. The molecule has 82 valence electrons. The van der Waals surface area contributed by atoms with Crippen LogP contribution in [0, 0.1) is 0 Å². The Kier molecular flexibility index (Phi) is 2.50. The van der Waals surface area contributed by atoms with Crippen LogP contribution in [0.1, 0.15) is 10.5 Å². The molecule has 0 saturated heterocycles. The molecule has 0 unspecified atom stereocenters. The number of carboxylic acids is 1. The highest BCUT2D eigenvalue weighted by Crippen LogP contribution is 2.20. The van der Waals surface area contributed by atoms with E-state index in [1.165, 1.54) is 19.4 Å². The maximum atomic E-state index is 10.5. The van der Waals surface area contributed by atoms with Crippen molar-refractivity contribution in [1.82, 2.24) is 15.1 Å². The third kappa shape index (κ3) is 1.83. The van der Waals surface area contributed by atoms with Crippen LogP contribution in [0.2, 0.25) is 0 Å². The van der Waals surface area contributed by atoms with Gasteiger partial charge in [0, 0.05) is 0 Å². The number of ether oxygens (including phenoxy) is 1. The van der Waals surface area contributed by atoms with Crippen LogP contribution < -0.4 is 4.74 Å². The first-order chi connectivity index (χ1) is 7.70. The number of aromatic carboxylic acids is 1. The van der Waals surface area contributed by atoms with Crippen LogP contribution in [0.25, 0.3) is 11.5 Å². The van der Waals surface area contributed by atoms with E-state index in [2.05, 4.69) is 15.1 Å². The van der Waals surface area contributed by atoms with Gasteiger partial charge in [0.1, 0.15) is 5.69 Å². The molecule has 0 aliphatic rings. The minimum Gasteiger partial charge on any atom is -0.479 e. The molecule has 0 amide bonds. The number of nitrogens with zero attached hydrogens (tertiary/aromatic N) is 3. The second kappa shape index (κ2) is 3.97. The standard InChI is InChI=1S/C9H7N3O4/c1-15-8-2-7(16-12-8)5-3-11-6(4-10-5)9(13)14/h2-4H,1H3,(H,13,14). The first-order valence-electron chi connectivity index (χ1n) is 4.27. The summed E-state index contributed by atoms with van der Waals surface area (Å²) in [6.45, 7) is 0. The van der Waals surface area contributed by atoms with Crippen LogP contribution in [0.4, 0.5) is 0 Å². The van der Waals surface area contributed by atoms with E-state index in [1.807, 2.05) is 0 Å². The Morgan fingerprint density at radius 2 is 2.25 bits per heavy atom. The summed E-state index contributed by atoms with van der Waals surface area (Å²) >= 11 is 0. The lowest BCUT2D eigenvalue weighted by Crippen LogP contribution is -2.00. The number of rotatable bonds is 3. The molecule has 2 aromatic heterocycles. The second-order valence-corrected chi connectivity index (χ2v) is 2.83. The molecule has 2 aromatic rings. The Labute approximate surface area is 89.7 Å². The first-order valence-corrected chi connectivity index (χ1v) is 4.27. The van der Waals surface area contributed by atoms with E-state index in [1.54, 1.807) is 0 Å². The summed E-state index contributed by atoms with van der Waals surface area (Å²) in [7, 11) is 1.46. The average Bonchev–Trinajstić information content (AvgIpc) is 2.77. The largest absolute Gasteiger partial charge is 0.479 e. The van der Waals surface area contributed by atoms with Crippen molar-refractivity contribution in [2.24, 2.45) is 0 Å². The number of carbonyl (C=O) groups is 1. The van der Waals surface area contributed by atoms with Gasteiger partial charge in [-0.05, 0) is 5.16 Å². The molecular weight excluding hydrogens is 214 g/mol. The van der Waals surface area contributed by atoms with Crippen LogP contribution >= 0.6 is 0 Å². The number of carboxylic acid groups (broad SMARTS) is 1. The van der Waals surface area contributed by atoms with Gasteiger partial charge < -0.3 is 14.4 Å². The lowest BCUT2D eigenvalue weighted by Gasteiger charge is -1.94. The van der Waals surface area contributed by atoms with Gasteiger partial charge in [-0.15, -0.1) is 0 Å². The molecule has 1 N–H and O–H groups in total. The van der Waals surface area contributed by atoms with E-state index in [-0.39, 0.29) is 5.69 Å². The summed E-state index contributed by atoms with van der Waals surface area (Å²) in [5.41, 5.74) is 0.260. The highest BCUT2D eigenvalue weighted by Gasteiger charge is 2.10. The molecule has 7 nitrogen and oxygen atoms in total. The Balaban J connectivity index is 2.30. The van der Waals surface area contributed by atoms with Crippen LogP contribution in [0.15, 0.2) is 23.0 Å². The summed E-state index contributed by atoms with van der Waals surface area (Å²) < 4.78 is 9.75. The highest BCUT2D eigenvalue weighted by atomic mass is 16.5. The monoisotopic (exact) mass is 221 g/mol. The van der Waals surface area contributed by atoms with E-state index in [9.17, 15) is 4.79 Å². The molecule has 2 heterocycles. The van der Waals surface area contributed by atoms with Gasteiger partial charge in [-0.25, -0.2) is 14.8 Å². The zero-order valence-electron chi connectivity index (χ0n) is 8.25. The predicted molar refractivity (Wildman–Crippen MR) is 51.0 cm³/mol. The van der Waals surface area contributed by atoms with E-state index in [0.717, 1.165) is 6.20 Å². The third-order valence-corrected chi connectivity index (χ3v) is 1.82. The van der Waals surface area contributed by atoms with E-state index in [4.69, 9.17) is 14.4 Å². The molecule has 0 atom stereocenters. The van der Waals surface area contributed by atoms with Crippen molar-refractivity contribution in [2.75, 3.05) is 7.11 Å². The molecule has 0 bridgehead atoms. The van der Waals surface area contributed by atoms with Gasteiger partial charge in [0.25, 0.3) is 5.88 Å². The number of methoxy groups -OCH3 is 1. The minimum absolute atomic E-state index is 0.129. The van der Waals surface area contributed by atoms with Gasteiger partial charge in [0.15, 0.2) is 11.5 Å². The van der Waals surface area contributed by atoms with Crippen LogP contribution in [0.5, 0.6) is 5.88 Å². The van der Waals surface area contributed by atoms with Crippen molar-refractivity contribution in [3.05, 3.63) is 24.2 Å². The van der Waals surface area contributed by atoms with E-state index >= 15 is 0 Å². The molecule has 7 heteroatoms. The molecule has 0 spiro atoms. The Morgan fingerprint density at radius 1 is 1.44 bits per heavy atom. The van der Waals surface area contributed by atoms with Crippen LogP contribution in [-0.2, 0) is 0 Å². The Hall–Kier alpha value is -2.44. The van der Waals surface area contributed by atoms with Gasteiger partial charge in [-0.2, -0.15) is 0 Å². The molecule has 0 radical (unpaired) electrons. The molecule has 0 aliphatic heterocycles. The Bertz CT molecular complexity index is 506. The first kappa shape index (κ1) is 10.1. The average molecular weight is 221 g/mol. The van der Waals surface area contributed by atoms with Crippen molar-refractivity contribution in [2.45, 2.75) is 0 Å². The summed E-state index contributed by atoms with van der Waals surface area (Å²) in [4.78, 5) is 18.1. The van der Waals surface area contributed by atoms with Crippen LogP contribution in [0.3, 0.4) is 0 Å². The fourth-order valence-corrected chi connectivity index (χ4v) is 1.04. The topological polar surface area (TPSA) is 98.3 Å². The van der Waals surface area contributed by atoms with E-state index in [0.29, 0.717) is 17.3 Å². The highest BCUT2D eigenvalue weighted by molar-refractivity contribution is 5.85. The lowest BCUT2D eigenvalue weighted by atomic mass is 10.3. The normalized spacial score (nSPS) is 10.1. The van der Waals surface area contributed by atoms with Crippen LogP contribution in [-0.4, -0.2) is 33.3 Å². The van der Waals surface area contributed by atoms with Crippen molar-refractivity contribution >= 4 is 5.97 Å². The maximum Gasteiger partial charge on any atom is 0.356 e. The lowest BCUT2D eigenvalue weighted by molar-refractivity contribution is 0.0690. The number of hydrogen-bond acceptors (Lipinski definition) is 6. The molecular formula is C9H7N3O4. The molecule has 0 aliphatic carbocycles. The summed E-state index contributed by atoms with van der Waals surface area (Å²) in [6.07, 6.45) is 2.44. The third-order valence-electron chi connectivity index (χ3n) is 1.82. The van der Waals surface area contributed by atoms with Gasteiger partial charge in [0.2, 0.25) is 0 Å². The fraction of sp³-hybridized carbons (Fsp3) is 0.111. The zero-order valence-corrected chi connectivity index (χ0v) is 8.25. The van der Waals surface area contributed by atoms with Crippen molar-refractivity contribution in [3.8, 4) is 17.3 Å². The maximum absolute atomic E-state index is 10.5. The van der Waals surface area contributed by atoms with E-state index < -0.39 is 5.97 Å². The summed E-state index contributed by atoms with van der Waals surface area (Å²) in [5, 5.41) is 12.2. The van der Waals surface area contributed by atoms with Crippen molar-refractivity contribution in [3.63, 3.8) is 0 Å². The number of aromatic nitrogens is 3. The van der Waals surface area contributed by atoms with Crippen molar-refractivity contribution < 1.29 is 19.2 Å². The molecule has 0 fully saturated rings. The van der Waals surface area contributed by atoms with Crippen molar-refractivity contribution in [1.29, 1.82) is 0 Å².